The van der Waals surface area contributed by atoms with E-state index >= 15 is 0 Å². The Kier molecular flexibility index (Phi) is 5.66. The van der Waals surface area contributed by atoms with Gasteiger partial charge in [0.25, 0.3) is 0 Å². The zero-order valence-electron chi connectivity index (χ0n) is 15.0. The third-order valence-electron chi connectivity index (χ3n) is 3.92. The van der Waals surface area contributed by atoms with Crippen LogP contribution in [0.4, 0.5) is 4.79 Å². The molecule has 1 rings (SSSR count). The number of carbonyl (C=O) groups excluding carboxylic acids is 3. The van der Waals surface area contributed by atoms with Gasteiger partial charge in [-0.25, -0.2) is 4.79 Å². The summed E-state index contributed by atoms with van der Waals surface area (Å²) in [5.74, 6) is -2.61. The Morgan fingerprint density at radius 2 is 1.57 bits per heavy atom. The number of hydrogen-bond donors (Lipinski definition) is 0. The van der Waals surface area contributed by atoms with Crippen LogP contribution in [0.1, 0.15) is 47.5 Å². The molecule has 1 saturated heterocycles. The molecule has 1 unspecified atom stereocenters. The number of ether oxygens (including phenoxy) is 3. The molecule has 1 aliphatic rings. The highest BCUT2D eigenvalue weighted by Gasteiger charge is 2.52. The molecule has 132 valence electrons. The van der Waals surface area contributed by atoms with Gasteiger partial charge in [-0.1, -0.05) is 0 Å². The second-order valence-corrected chi connectivity index (χ2v) is 7.29. The van der Waals surface area contributed by atoms with Gasteiger partial charge in [-0.05, 0) is 47.5 Å². The average molecular weight is 329 g/mol. The Morgan fingerprint density at radius 3 is 1.96 bits per heavy atom. The Balaban J connectivity index is 3.18. The van der Waals surface area contributed by atoms with Crippen LogP contribution >= 0.6 is 0 Å². The summed E-state index contributed by atoms with van der Waals surface area (Å²) in [6, 6.07) is -0.653. The maximum absolute atomic E-state index is 12.6. The first-order valence-electron chi connectivity index (χ1n) is 7.62. The molecule has 1 fully saturated rings. The van der Waals surface area contributed by atoms with Crippen LogP contribution in [0.5, 0.6) is 0 Å². The van der Waals surface area contributed by atoms with E-state index in [0.717, 1.165) is 0 Å². The number of hydrogen-bond acceptors (Lipinski definition) is 6. The second kappa shape index (κ2) is 6.76. The van der Waals surface area contributed by atoms with E-state index in [1.807, 2.05) is 13.8 Å². The predicted octanol–water partition coefficient (Wildman–Crippen LogP) is 2.13. The van der Waals surface area contributed by atoms with Crippen LogP contribution in [-0.2, 0) is 23.8 Å². The van der Waals surface area contributed by atoms with Crippen molar-refractivity contribution in [3.05, 3.63) is 0 Å². The Bertz CT molecular complexity index is 463. The summed E-state index contributed by atoms with van der Waals surface area (Å²) < 4.78 is 14.9. The molecule has 1 aliphatic heterocycles. The van der Waals surface area contributed by atoms with Gasteiger partial charge in [0.15, 0.2) is 5.92 Å². The van der Waals surface area contributed by atoms with Crippen molar-refractivity contribution in [1.29, 1.82) is 0 Å². The van der Waals surface area contributed by atoms with Gasteiger partial charge < -0.3 is 14.2 Å². The zero-order chi connectivity index (χ0) is 18.0. The summed E-state index contributed by atoms with van der Waals surface area (Å²) >= 11 is 0. The molecular weight excluding hydrogens is 302 g/mol. The summed E-state index contributed by atoms with van der Waals surface area (Å²) in [7, 11) is 2.41. The van der Waals surface area contributed by atoms with E-state index in [4.69, 9.17) is 14.2 Å². The van der Waals surface area contributed by atoms with Crippen molar-refractivity contribution >= 4 is 18.0 Å². The van der Waals surface area contributed by atoms with E-state index in [1.165, 1.54) is 19.1 Å². The van der Waals surface area contributed by atoms with Crippen molar-refractivity contribution in [3.8, 4) is 0 Å². The van der Waals surface area contributed by atoms with Crippen molar-refractivity contribution in [2.24, 2.45) is 5.92 Å². The molecule has 7 heteroatoms. The summed E-state index contributed by atoms with van der Waals surface area (Å²) in [5.41, 5.74) is -1.21. The average Bonchev–Trinajstić information content (AvgIpc) is 2.72. The van der Waals surface area contributed by atoms with Gasteiger partial charge in [0.1, 0.15) is 5.60 Å². The summed E-state index contributed by atoms with van der Waals surface area (Å²) in [6.45, 7) is 9.05. The fourth-order valence-electron chi connectivity index (χ4n) is 2.87. The predicted molar refractivity (Wildman–Crippen MR) is 82.7 cm³/mol. The first-order valence-corrected chi connectivity index (χ1v) is 7.62. The maximum atomic E-state index is 12.6. The van der Waals surface area contributed by atoms with Crippen LogP contribution in [0.25, 0.3) is 0 Å². The first-order chi connectivity index (χ1) is 10.4. The van der Waals surface area contributed by atoms with E-state index in [1.54, 1.807) is 20.8 Å². The van der Waals surface area contributed by atoms with Crippen LogP contribution in [0.15, 0.2) is 0 Å². The van der Waals surface area contributed by atoms with Gasteiger partial charge in [0.05, 0.1) is 20.3 Å². The van der Waals surface area contributed by atoms with Crippen molar-refractivity contribution < 1.29 is 28.6 Å². The molecule has 0 aromatic heterocycles. The van der Waals surface area contributed by atoms with Crippen LogP contribution < -0.4 is 0 Å². The number of methoxy groups -OCH3 is 2. The Morgan fingerprint density at radius 1 is 1.09 bits per heavy atom. The normalized spacial score (nSPS) is 20.3. The van der Waals surface area contributed by atoms with Gasteiger partial charge >= 0.3 is 18.0 Å². The van der Waals surface area contributed by atoms with E-state index in [2.05, 4.69) is 0 Å². The minimum atomic E-state index is -1.18. The molecule has 0 aromatic rings. The second-order valence-electron chi connectivity index (χ2n) is 7.29. The molecule has 7 nitrogen and oxygen atoms in total. The molecular formula is C16H27NO6. The largest absolute Gasteiger partial charge is 0.468 e. The number of rotatable bonds is 3. The van der Waals surface area contributed by atoms with Gasteiger partial charge in [-0.15, -0.1) is 0 Å². The molecule has 0 aromatic carbocycles. The molecule has 0 spiro atoms. The topological polar surface area (TPSA) is 82.1 Å². The third-order valence-corrected chi connectivity index (χ3v) is 3.92. The van der Waals surface area contributed by atoms with Crippen molar-refractivity contribution in [2.75, 3.05) is 14.2 Å². The van der Waals surface area contributed by atoms with E-state index in [0.29, 0.717) is 12.8 Å². The molecule has 0 aliphatic carbocycles. The maximum Gasteiger partial charge on any atom is 0.411 e. The molecule has 0 bridgehead atoms. The molecule has 0 N–H and O–H groups in total. The number of amides is 1. The van der Waals surface area contributed by atoms with E-state index in [9.17, 15) is 14.4 Å². The number of carbonyl (C=O) groups is 3. The van der Waals surface area contributed by atoms with Gasteiger partial charge in [0, 0.05) is 5.54 Å². The van der Waals surface area contributed by atoms with Crippen molar-refractivity contribution in [2.45, 2.75) is 64.6 Å². The fourth-order valence-corrected chi connectivity index (χ4v) is 2.87. The standard InChI is InChI=1S/C16H27NO6/c1-15(2,3)23-14(20)17-10(8-9-16(17,4)5)11(12(18)21-6)13(19)22-7/h10-11H,8-9H2,1-7H3. The quantitative estimate of drug-likeness (QED) is 0.448. The SMILES string of the molecule is COC(=O)C(C(=O)OC)C1CCC(C)(C)N1C(=O)OC(C)(C)C. The van der Waals surface area contributed by atoms with Gasteiger partial charge in [-0.2, -0.15) is 0 Å². The van der Waals surface area contributed by atoms with E-state index in [-0.39, 0.29) is 0 Å². The first kappa shape index (κ1) is 19.3. The number of nitrogens with zero attached hydrogens (tertiary/aromatic N) is 1. The highest BCUT2D eigenvalue weighted by atomic mass is 16.6. The number of likely N-dealkylation sites (tertiary alicyclic amines) is 1. The highest BCUT2D eigenvalue weighted by molar-refractivity contribution is 5.96. The minimum Gasteiger partial charge on any atom is -0.468 e. The van der Waals surface area contributed by atoms with Gasteiger partial charge in [-0.3, -0.25) is 14.5 Å². The van der Waals surface area contributed by atoms with Crippen LogP contribution in [0, 0.1) is 5.92 Å². The summed E-state index contributed by atoms with van der Waals surface area (Å²) in [6.07, 6.45) is 0.575. The molecule has 1 heterocycles. The molecule has 23 heavy (non-hydrogen) atoms. The van der Waals surface area contributed by atoms with Crippen molar-refractivity contribution in [1.82, 2.24) is 4.90 Å². The highest BCUT2D eigenvalue weighted by Crippen LogP contribution is 2.38. The lowest BCUT2D eigenvalue weighted by molar-refractivity contribution is -0.161. The van der Waals surface area contributed by atoms with Crippen LogP contribution in [0.2, 0.25) is 0 Å². The smallest absolute Gasteiger partial charge is 0.411 e. The van der Waals surface area contributed by atoms with Crippen LogP contribution in [-0.4, -0.2) is 54.3 Å². The summed E-state index contributed by atoms with van der Waals surface area (Å²) in [4.78, 5) is 38.2. The number of esters is 2. The fraction of sp³-hybridized carbons (Fsp3) is 0.812. The van der Waals surface area contributed by atoms with Crippen LogP contribution in [0.3, 0.4) is 0 Å². The lowest BCUT2D eigenvalue weighted by Crippen LogP contribution is -2.54. The lowest BCUT2D eigenvalue weighted by Gasteiger charge is -2.38. The Hall–Kier alpha value is -1.79. The minimum absolute atomic E-state index is 0.487. The zero-order valence-corrected chi connectivity index (χ0v) is 15.0. The summed E-state index contributed by atoms with van der Waals surface area (Å²) in [5, 5.41) is 0. The lowest BCUT2D eigenvalue weighted by atomic mass is 9.97. The van der Waals surface area contributed by atoms with Crippen molar-refractivity contribution in [3.63, 3.8) is 0 Å². The molecule has 1 atom stereocenters. The monoisotopic (exact) mass is 329 g/mol. The van der Waals surface area contributed by atoms with E-state index < -0.39 is 41.1 Å². The molecule has 0 saturated carbocycles. The molecule has 0 radical (unpaired) electrons. The van der Waals surface area contributed by atoms with Gasteiger partial charge in [0.2, 0.25) is 0 Å². The Labute approximate surface area is 137 Å². The molecule has 1 amide bonds. The third kappa shape index (κ3) is 4.36.